The maximum atomic E-state index is 12.1. The van der Waals surface area contributed by atoms with Crippen molar-refractivity contribution >= 4 is 11.5 Å². The quantitative estimate of drug-likeness (QED) is 0.676. The number of ether oxygens (including phenoxy) is 1. The molecule has 0 saturated carbocycles. The Bertz CT molecular complexity index is 536. The predicted octanol–water partition coefficient (Wildman–Crippen LogP) is 3.53. The van der Waals surface area contributed by atoms with Crippen molar-refractivity contribution in [3.8, 4) is 5.75 Å². The largest absolute Gasteiger partial charge is 0.497 e. The summed E-state index contributed by atoms with van der Waals surface area (Å²) in [6.45, 7) is 4.00. The normalized spacial score (nSPS) is 9.21. The van der Waals surface area contributed by atoms with Crippen molar-refractivity contribution in [2.24, 2.45) is 0 Å². The number of rotatable bonds is 3. The van der Waals surface area contributed by atoms with E-state index in [4.69, 9.17) is 10.5 Å². The van der Waals surface area contributed by atoms with Gasteiger partial charge in [0.25, 0.3) is 0 Å². The van der Waals surface area contributed by atoms with Crippen molar-refractivity contribution in [3.63, 3.8) is 0 Å². The number of methoxy groups -OCH3 is 1. The molecule has 0 saturated heterocycles. The number of anilines is 1. The molecule has 2 aromatic carbocycles. The Labute approximate surface area is 114 Å². The SMILES string of the molecule is CC.COc1ccc(C(=O)c2ccccc2)c(N)c1. The van der Waals surface area contributed by atoms with Crippen molar-refractivity contribution in [1.29, 1.82) is 0 Å². The molecule has 3 nitrogen and oxygen atoms in total. The van der Waals surface area contributed by atoms with Gasteiger partial charge in [-0.1, -0.05) is 44.2 Å². The number of hydrogen-bond acceptors (Lipinski definition) is 3. The van der Waals surface area contributed by atoms with Gasteiger partial charge in [-0.2, -0.15) is 0 Å². The molecule has 3 heteroatoms. The Hall–Kier alpha value is -2.29. The van der Waals surface area contributed by atoms with Gasteiger partial charge in [-0.15, -0.1) is 0 Å². The van der Waals surface area contributed by atoms with Gasteiger partial charge in [-0.05, 0) is 12.1 Å². The van der Waals surface area contributed by atoms with E-state index in [0.29, 0.717) is 22.6 Å². The maximum Gasteiger partial charge on any atom is 0.195 e. The number of nitrogen functional groups attached to an aromatic ring is 1. The molecule has 2 aromatic rings. The summed E-state index contributed by atoms with van der Waals surface area (Å²) in [4.78, 5) is 12.1. The van der Waals surface area contributed by atoms with Gasteiger partial charge in [-0.3, -0.25) is 4.79 Å². The zero-order valence-corrected chi connectivity index (χ0v) is 11.5. The van der Waals surface area contributed by atoms with Crippen LogP contribution in [0.4, 0.5) is 5.69 Å². The summed E-state index contributed by atoms with van der Waals surface area (Å²) in [5.74, 6) is 0.567. The first kappa shape index (κ1) is 14.8. The molecule has 0 amide bonds. The van der Waals surface area contributed by atoms with Crippen LogP contribution in [0, 0.1) is 0 Å². The molecule has 2 N–H and O–H groups in total. The molecule has 0 bridgehead atoms. The number of carbonyl (C=O) groups is 1. The van der Waals surface area contributed by atoms with Crippen LogP contribution >= 0.6 is 0 Å². The van der Waals surface area contributed by atoms with Gasteiger partial charge in [0.2, 0.25) is 0 Å². The first-order valence-electron chi connectivity index (χ1n) is 6.25. The van der Waals surface area contributed by atoms with Crippen LogP contribution in [0.15, 0.2) is 48.5 Å². The molecule has 0 aromatic heterocycles. The van der Waals surface area contributed by atoms with E-state index in [1.54, 1.807) is 37.4 Å². The number of nitrogens with two attached hydrogens (primary N) is 1. The fourth-order valence-corrected chi connectivity index (χ4v) is 1.62. The summed E-state index contributed by atoms with van der Waals surface area (Å²) in [5, 5.41) is 0. The van der Waals surface area contributed by atoms with Crippen molar-refractivity contribution in [2.75, 3.05) is 12.8 Å². The third-order valence-corrected chi connectivity index (χ3v) is 2.54. The van der Waals surface area contributed by atoms with Crippen LogP contribution in [0.25, 0.3) is 0 Å². The first-order chi connectivity index (χ1) is 9.22. The minimum atomic E-state index is -0.0780. The van der Waals surface area contributed by atoms with Crippen LogP contribution < -0.4 is 10.5 Å². The Morgan fingerprint density at radius 1 is 1.05 bits per heavy atom. The van der Waals surface area contributed by atoms with Gasteiger partial charge in [0, 0.05) is 22.9 Å². The van der Waals surface area contributed by atoms with Crippen LogP contribution in [0.1, 0.15) is 29.8 Å². The molecular formula is C16H19NO2. The molecule has 0 atom stereocenters. The summed E-state index contributed by atoms with van der Waals surface area (Å²) < 4.78 is 5.04. The summed E-state index contributed by atoms with van der Waals surface area (Å²) in [5.41, 5.74) is 7.39. The van der Waals surface area contributed by atoms with E-state index >= 15 is 0 Å². The summed E-state index contributed by atoms with van der Waals surface area (Å²) in [6.07, 6.45) is 0. The Balaban J connectivity index is 0.000000861. The van der Waals surface area contributed by atoms with Crippen LogP contribution in [0.3, 0.4) is 0 Å². The number of ketones is 1. The maximum absolute atomic E-state index is 12.1. The molecule has 0 fully saturated rings. The van der Waals surface area contributed by atoms with Gasteiger partial charge < -0.3 is 10.5 Å². The lowest BCUT2D eigenvalue weighted by molar-refractivity contribution is 0.103. The molecule has 0 heterocycles. The Kier molecular flexibility index (Phi) is 5.61. The topological polar surface area (TPSA) is 52.3 Å². The summed E-state index contributed by atoms with van der Waals surface area (Å²) in [6, 6.07) is 14.1. The van der Waals surface area contributed by atoms with E-state index in [9.17, 15) is 4.79 Å². The highest BCUT2D eigenvalue weighted by Gasteiger charge is 2.12. The highest BCUT2D eigenvalue weighted by atomic mass is 16.5. The second-order valence-electron chi connectivity index (χ2n) is 3.65. The summed E-state index contributed by atoms with van der Waals surface area (Å²) in [7, 11) is 1.56. The average Bonchev–Trinajstić information content (AvgIpc) is 2.49. The van der Waals surface area contributed by atoms with Crippen molar-refractivity contribution in [2.45, 2.75) is 13.8 Å². The van der Waals surface area contributed by atoms with Gasteiger partial charge in [0.1, 0.15) is 5.75 Å². The average molecular weight is 257 g/mol. The van der Waals surface area contributed by atoms with Gasteiger partial charge in [0.05, 0.1) is 7.11 Å². The van der Waals surface area contributed by atoms with Crippen molar-refractivity contribution in [1.82, 2.24) is 0 Å². The van der Waals surface area contributed by atoms with Crippen LogP contribution in [0.5, 0.6) is 5.75 Å². The molecule has 0 unspecified atom stereocenters. The fourth-order valence-electron chi connectivity index (χ4n) is 1.62. The van der Waals surface area contributed by atoms with Crippen LogP contribution in [-0.4, -0.2) is 12.9 Å². The third kappa shape index (κ3) is 3.58. The lowest BCUT2D eigenvalue weighted by Crippen LogP contribution is -2.05. The second-order valence-corrected chi connectivity index (χ2v) is 3.65. The van der Waals surface area contributed by atoms with E-state index in [-0.39, 0.29) is 5.78 Å². The molecule has 2 rings (SSSR count). The van der Waals surface area contributed by atoms with E-state index in [1.807, 2.05) is 32.0 Å². The van der Waals surface area contributed by atoms with Crippen molar-refractivity contribution < 1.29 is 9.53 Å². The second kappa shape index (κ2) is 7.21. The molecule has 0 spiro atoms. The molecule has 0 aliphatic carbocycles. The number of benzene rings is 2. The monoisotopic (exact) mass is 257 g/mol. The standard InChI is InChI=1S/C14H13NO2.C2H6/c1-17-11-7-8-12(13(15)9-11)14(16)10-5-3-2-4-6-10;1-2/h2-9H,15H2,1H3;1-2H3. The van der Waals surface area contributed by atoms with Crippen LogP contribution in [-0.2, 0) is 0 Å². The smallest absolute Gasteiger partial charge is 0.195 e. The van der Waals surface area contributed by atoms with E-state index < -0.39 is 0 Å². The lowest BCUT2D eigenvalue weighted by atomic mass is 10.0. The van der Waals surface area contributed by atoms with Crippen molar-refractivity contribution in [3.05, 3.63) is 59.7 Å². The van der Waals surface area contributed by atoms with E-state index in [2.05, 4.69) is 0 Å². The molecule has 0 aliphatic heterocycles. The van der Waals surface area contributed by atoms with Gasteiger partial charge >= 0.3 is 0 Å². The lowest BCUT2D eigenvalue weighted by Gasteiger charge is -2.07. The molecule has 0 radical (unpaired) electrons. The minimum Gasteiger partial charge on any atom is -0.497 e. The zero-order valence-electron chi connectivity index (χ0n) is 11.5. The summed E-state index contributed by atoms with van der Waals surface area (Å²) >= 11 is 0. The first-order valence-corrected chi connectivity index (χ1v) is 6.25. The molecular weight excluding hydrogens is 238 g/mol. The Morgan fingerprint density at radius 3 is 2.21 bits per heavy atom. The number of carbonyl (C=O) groups excluding carboxylic acids is 1. The predicted molar refractivity (Wildman–Crippen MR) is 78.6 cm³/mol. The zero-order chi connectivity index (χ0) is 14.3. The van der Waals surface area contributed by atoms with Gasteiger partial charge in [-0.25, -0.2) is 0 Å². The Morgan fingerprint density at radius 2 is 1.68 bits per heavy atom. The fraction of sp³-hybridized carbons (Fsp3) is 0.188. The van der Waals surface area contributed by atoms with E-state index in [1.165, 1.54) is 0 Å². The highest BCUT2D eigenvalue weighted by Crippen LogP contribution is 2.22. The van der Waals surface area contributed by atoms with E-state index in [0.717, 1.165) is 0 Å². The minimum absolute atomic E-state index is 0.0780. The number of hydrogen-bond donors (Lipinski definition) is 1. The highest BCUT2D eigenvalue weighted by molar-refractivity contribution is 6.12. The molecule has 0 aliphatic rings. The molecule has 100 valence electrons. The molecule has 19 heavy (non-hydrogen) atoms. The third-order valence-electron chi connectivity index (χ3n) is 2.54. The van der Waals surface area contributed by atoms with Crippen LogP contribution in [0.2, 0.25) is 0 Å². The van der Waals surface area contributed by atoms with Gasteiger partial charge in [0.15, 0.2) is 5.78 Å².